The highest BCUT2D eigenvalue weighted by molar-refractivity contribution is 6.64. The smallest absolute Gasteiger partial charge is 0.290 e. The van der Waals surface area contributed by atoms with Gasteiger partial charge in [-0.05, 0) is 32.0 Å². The van der Waals surface area contributed by atoms with Crippen LogP contribution in [0, 0.1) is 0 Å². The number of carbonyl (C=O) groups is 1. The first-order chi connectivity index (χ1) is 4.93. The van der Waals surface area contributed by atoms with Crippen molar-refractivity contribution in [3.05, 3.63) is 0 Å². The SMILES string of the molecule is O=C[B]NC1CCNCC1. The van der Waals surface area contributed by atoms with E-state index in [0.29, 0.717) is 6.04 Å². The summed E-state index contributed by atoms with van der Waals surface area (Å²) in [6.07, 6.45) is 3.02. The Kier molecular flexibility index (Phi) is 3.47. The second kappa shape index (κ2) is 4.47. The molecule has 0 saturated carbocycles. The van der Waals surface area contributed by atoms with Crippen molar-refractivity contribution in [1.29, 1.82) is 0 Å². The quantitative estimate of drug-likeness (QED) is 0.394. The summed E-state index contributed by atoms with van der Waals surface area (Å²) in [7, 11) is 1.48. The van der Waals surface area contributed by atoms with Crippen LogP contribution in [0.3, 0.4) is 0 Å². The Morgan fingerprint density at radius 1 is 1.50 bits per heavy atom. The fourth-order valence-electron chi connectivity index (χ4n) is 1.16. The molecule has 1 fully saturated rings. The molecule has 0 bridgehead atoms. The molecule has 0 aromatic carbocycles. The Balaban J connectivity index is 2.07. The maximum atomic E-state index is 9.91. The molecule has 1 aliphatic rings. The van der Waals surface area contributed by atoms with Crippen LogP contribution in [0.15, 0.2) is 0 Å². The lowest BCUT2D eigenvalue weighted by Crippen LogP contribution is -2.41. The first kappa shape index (κ1) is 7.76. The Morgan fingerprint density at radius 3 is 2.80 bits per heavy atom. The van der Waals surface area contributed by atoms with Crippen LogP contribution in [-0.4, -0.2) is 32.7 Å². The molecule has 3 nitrogen and oxygen atoms in total. The van der Waals surface area contributed by atoms with Crippen molar-refractivity contribution in [2.24, 2.45) is 0 Å². The predicted octanol–water partition coefficient (Wildman–Crippen LogP) is -0.863. The average Bonchev–Trinajstić information content (AvgIpc) is 2.03. The van der Waals surface area contributed by atoms with Gasteiger partial charge < -0.3 is 15.3 Å². The highest BCUT2D eigenvalue weighted by Gasteiger charge is 2.10. The lowest BCUT2D eigenvalue weighted by molar-refractivity contribution is 0.435. The van der Waals surface area contributed by atoms with Gasteiger partial charge in [-0.1, -0.05) is 0 Å². The van der Waals surface area contributed by atoms with E-state index in [0.717, 1.165) is 32.1 Å². The topological polar surface area (TPSA) is 41.1 Å². The molecule has 1 saturated heterocycles. The molecule has 1 aliphatic heterocycles. The third-order valence-corrected chi connectivity index (χ3v) is 1.74. The van der Waals surface area contributed by atoms with Gasteiger partial charge in [0.05, 0.1) is 6.19 Å². The number of hydrogen-bond donors (Lipinski definition) is 2. The summed E-state index contributed by atoms with van der Waals surface area (Å²) in [4.78, 5) is 9.91. The van der Waals surface area contributed by atoms with Gasteiger partial charge >= 0.3 is 0 Å². The van der Waals surface area contributed by atoms with Crippen LogP contribution in [0.4, 0.5) is 0 Å². The lowest BCUT2D eigenvalue weighted by atomic mass is 9.93. The van der Waals surface area contributed by atoms with Gasteiger partial charge in [-0.15, -0.1) is 0 Å². The summed E-state index contributed by atoms with van der Waals surface area (Å²) in [5, 5.41) is 6.29. The third-order valence-electron chi connectivity index (χ3n) is 1.74. The third kappa shape index (κ3) is 2.50. The van der Waals surface area contributed by atoms with Crippen molar-refractivity contribution < 1.29 is 4.79 Å². The van der Waals surface area contributed by atoms with Crippen molar-refractivity contribution in [1.82, 2.24) is 10.5 Å². The Morgan fingerprint density at radius 2 is 2.20 bits per heavy atom. The van der Waals surface area contributed by atoms with Crippen LogP contribution in [0.2, 0.25) is 0 Å². The van der Waals surface area contributed by atoms with E-state index in [2.05, 4.69) is 10.5 Å². The maximum Gasteiger partial charge on any atom is 0.290 e. The van der Waals surface area contributed by atoms with Crippen LogP contribution in [-0.2, 0) is 4.79 Å². The standard InChI is InChI=1S/C6H12BN2O/c10-5-7-9-6-1-3-8-4-2-6/h5-6,8-9H,1-4H2. The fraction of sp³-hybridized carbons (Fsp3) is 0.833. The maximum absolute atomic E-state index is 9.91. The molecular formula is C6H12BN2O. The summed E-state index contributed by atoms with van der Waals surface area (Å²) in [6.45, 7) is 2.12. The van der Waals surface area contributed by atoms with E-state index >= 15 is 0 Å². The van der Waals surface area contributed by atoms with Crippen molar-refractivity contribution in [3.63, 3.8) is 0 Å². The molecular weight excluding hydrogens is 127 g/mol. The molecule has 0 aromatic rings. The van der Waals surface area contributed by atoms with Crippen LogP contribution in [0.5, 0.6) is 0 Å². The van der Waals surface area contributed by atoms with Crippen molar-refractivity contribution >= 4 is 13.6 Å². The van der Waals surface area contributed by atoms with Crippen LogP contribution >= 0.6 is 0 Å². The summed E-state index contributed by atoms with van der Waals surface area (Å²) in [6, 6.07) is 0.506. The van der Waals surface area contributed by atoms with Crippen LogP contribution in [0.25, 0.3) is 0 Å². The molecule has 0 aromatic heterocycles. The van der Waals surface area contributed by atoms with Crippen molar-refractivity contribution in [3.8, 4) is 0 Å². The van der Waals surface area contributed by atoms with Gasteiger partial charge in [0.1, 0.15) is 0 Å². The van der Waals surface area contributed by atoms with E-state index in [4.69, 9.17) is 0 Å². The second-order valence-corrected chi connectivity index (χ2v) is 2.49. The number of hydrogen-bond acceptors (Lipinski definition) is 3. The molecule has 4 heteroatoms. The minimum absolute atomic E-state index is 0.506. The van der Waals surface area contributed by atoms with Gasteiger partial charge in [0.2, 0.25) is 0 Å². The summed E-state index contributed by atoms with van der Waals surface area (Å²) in [5.74, 6) is 0. The van der Waals surface area contributed by atoms with E-state index < -0.39 is 0 Å². The Bertz CT molecular complexity index is 104. The van der Waals surface area contributed by atoms with Crippen molar-refractivity contribution in [2.45, 2.75) is 18.9 Å². The molecule has 10 heavy (non-hydrogen) atoms. The second-order valence-electron chi connectivity index (χ2n) is 2.49. The number of piperidine rings is 1. The minimum Gasteiger partial charge on any atom is -0.351 e. The van der Waals surface area contributed by atoms with E-state index in [1.54, 1.807) is 0 Å². The molecule has 0 amide bonds. The number of carbonyl (C=O) groups excluding carboxylic acids is 1. The molecule has 0 aliphatic carbocycles. The summed E-state index contributed by atoms with van der Waals surface area (Å²) < 4.78 is 0. The minimum atomic E-state index is 0.506. The van der Waals surface area contributed by atoms with E-state index in [9.17, 15) is 4.79 Å². The van der Waals surface area contributed by atoms with Gasteiger partial charge in [0.25, 0.3) is 7.41 Å². The first-order valence-corrected chi connectivity index (χ1v) is 3.67. The Hall–Kier alpha value is -0.345. The zero-order chi connectivity index (χ0) is 7.23. The molecule has 0 spiro atoms. The van der Waals surface area contributed by atoms with E-state index in [1.165, 1.54) is 7.41 Å². The molecule has 0 unspecified atom stereocenters. The number of rotatable bonds is 3. The molecule has 0 atom stereocenters. The van der Waals surface area contributed by atoms with Gasteiger partial charge in [0, 0.05) is 0 Å². The van der Waals surface area contributed by atoms with Gasteiger partial charge in [-0.3, -0.25) is 0 Å². The predicted molar refractivity (Wildman–Crippen MR) is 41.5 cm³/mol. The highest BCUT2D eigenvalue weighted by atomic mass is 16.1. The zero-order valence-corrected chi connectivity index (χ0v) is 5.97. The van der Waals surface area contributed by atoms with Crippen LogP contribution in [0.1, 0.15) is 12.8 Å². The van der Waals surface area contributed by atoms with Crippen molar-refractivity contribution in [2.75, 3.05) is 13.1 Å². The van der Waals surface area contributed by atoms with Gasteiger partial charge in [-0.25, -0.2) is 0 Å². The molecule has 1 rings (SSSR count). The Labute approximate surface area is 61.8 Å². The molecule has 1 radical (unpaired) electrons. The molecule has 2 N–H and O–H groups in total. The monoisotopic (exact) mass is 139 g/mol. The zero-order valence-electron chi connectivity index (χ0n) is 5.97. The van der Waals surface area contributed by atoms with E-state index in [-0.39, 0.29) is 0 Å². The molecule has 55 valence electrons. The largest absolute Gasteiger partial charge is 0.351 e. The van der Waals surface area contributed by atoms with Gasteiger partial charge in [-0.2, -0.15) is 0 Å². The summed E-state index contributed by atoms with van der Waals surface area (Å²) >= 11 is 0. The van der Waals surface area contributed by atoms with Gasteiger partial charge in [0.15, 0.2) is 0 Å². The normalized spacial score (nSPS) is 20.4. The first-order valence-electron chi connectivity index (χ1n) is 3.67. The fourth-order valence-corrected chi connectivity index (χ4v) is 1.16. The van der Waals surface area contributed by atoms with E-state index in [1.807, 2.05) is 0 Å². The highest BCUT2D eigenvalue weighted by Crippen LogP contribution is 1.99. The average molecular weight is 139 g/mol. The number of nitrogens with one attached hydrogen (secondary N) is 2. The van der Waals surface area contributed by atoms with Crippen LogP contribution < -0.4 is 10.5 Å². The summed E-state index contributed by atoms with van der Waals surface area (Å²) in [5.41, 5.74) is 0. The lowest BCUT2D eigenvalue weighted by Gasteiger charge is -2.22. The molecule has 1 heterocycles.